The van der Waals surface area contributed by atoms with Crippen molar-refractivity contribution in [1.29, 1.82) is 0 Å². The third-order valence-corrected chi connectivity index (χ3v) is 3.01. The lowest BCUT2D eigenvalue weighted by Gasteiger charge is -2.06. The zero-order valence-electron chi connectivity index (χ0n) is 6.58. The summed E-state index contributed by atoms with van der Waals surface area (Å²) in [5.41, 5.74) is 0. The normalized spacial score (nSPS) is 22.2. The molecule has 4 nitrogen and oxygen atoms in total. The Labute approximate surface area is 74.7 Å². The summed E-state index contributed by atoms with van der Waals surface area (Å²) in [5, 5.41) is 10.6. The minimum Gasteiger partial charge on any atom is -0.480 e. The number of amides is 1. The molecule has 0 bridgehead atoms. The van der Waals surface area contributed by atoms with Gasteiger partial charge >= 0.3 is 5.97 Å². The minimum absolute atomic E-state index is 0.0238. The van der Waals surface area contributed by atoms with Crippen LogP contribution >= 0.6 is 11.8 Å². The summed E-state index contributed by atoms with van der Waals surface area (Å²) in [6, 6.07) is 0. The van der Waals surface area contributed by atoms with Crippen LogP contribution in [0, 0.1) is 0 Å². The molecule has 0 aromatic heterocycles. The van der Waals surface area contributed by atoms with E-state index in [1.165, 1.54) is 0 Å². The van der Waals surface area contributed by atoms with E-state index in [2.05, 4.69) is 5.32 Å². The van der Waals surface area contributed by atoms with Crippen molar-refractivity contribution in [3.05, 3.63) is 0 Å². The molecule has 1 rings (SSSR count). The number of aliphatic carboxylic acids is 1. The fourth-order valence-corrected chi connectivity index (χ4v) is 2.25. The molecule has 1 amide bonds. The highest BCUT2D eigenvalue weighted by atomic mass is 32.2. The van der Waals surface area contributed by atoms with Crippen LogP contribution in [0.4, 0.5) is 0 Å². The third-order valence-electron chi connectivity index (χ3n) is 1.64. The van der Waals surface area contributed by atoms with Gasteiger partial charge in [0.2, 0.25) is 5.91 Å². The van der Waals surface area contributed by atoms with Crippen molar-refractivity contribution in [2.45, 2.75) is 18.1 Å². The van der Waals surface area contributed by atoms with Crippen molar-refractivity contribution in [3.8, 4) is 0 Å². The van der Waals surface area contributed by atoms with E-state index in [1.807, 2.05) is 0 Å². The van der Waals surface area contributed by atoms with Crippen molar-refractivity contribution in [2.75, 3.05) is 12.3 Å². The van der Waals surface area contributed by atoms with Crippen LogP contribution in [0.2, 0.25) is 0 Å². The topological polar surface area (TPSA) is 66.4 Å². The molecule has 1 unspecified atom stereocenters. The number of rotatable bonds is 3. The molecule has 68 valence electrons. The van der Waals surface area contributed by atoms with E-state index < -0.39 is 5.97 Å². The van der Waals surface area contributed by atoms with Gasteiger partial charge in [0, 0.05) is 0 Å². The van der Waals surface area contributed by atoms with E-state index in [0.29, 0.717) is 0 Å². The van der Waals surface area contributed by atoms with E-state index in [0.717, 1.165) is 18.6 Å². The van der Waals surface area contributed by atoms with Crippen molar-refractivity contribution < 1.29 is 14.7 Å². The molecule has 1 heterocycles. The maximum atomic E-state index is 11.2. The second-order valence-electron chi connectivity index (χ2n) is 2.61. The number of carboxylic acids is 1. The predicted octanol–water partition coefficient (Wildman–Crippen LogP) is 0.0828. The van der Waals surface area contributed by atoms with Gasteiger partial charge in [0.05, 0.1) is 5.25 Å². The standard InChI is InChI=1S/C7H11NO3S/c9-6(10)4-8-7(11)5-2-1-3-12-5/h5H,1-4H2,(H,8,11)(H,9,10). The number of hydrogen-bond acceptors (Lipinski definition) is 3. The first-order valence-electron chi connectivity index (χ1n) is 3.81. The van der Waals surface area contributed by atoms with E-state index in [9.17, 15) is 9.59 Å². The number of carbonyl (C=O) groups is 2. The largest absolute Gasteiger partial charge is 0.480 e. The zero-order valence-corrected chi connectivity index (χ0v) is 7.39. The first kappa shape index (κ1) is 9.38. The van der Waals surface area contributed by atoms with Gasteiger partial charge in [0.25, 0.3) is 0 Å². The lowest BCUT2D eigenvalue weighted by atomic mass is 10.2. The van der Waals surface area contributed by atoms with E-state index in [4.69, 9.17) is 5.11 Å². The predicted molar refractivity (Wildman–Crippen MR) is 46.1 cm³/mol. The highest BCUT2D eigenvalue weighted by molar-refractivity contribution is 8.00. The smallest absolute Gasteiger partial charge is 0.322 e. The number of thioether (sulfide) groups is 1. The summed E-state index contributed by atoms with van der Waals surface area (Å²) < 4.78 is 0. The fraction of sp³-hybridized carbons (Fsp3) is 0.714. The Balaban J connectivity index is 2.23. The van der Waals surface area contributed by atoms with E-state index >= 15 is 0 Å². The molecule has 2 N–H and O–H groups in total. The molecule has 1 saturated heterocycles. The maximum absolute atomic E-state index is 11.2. The number of nitrogens with one attached hydrogen (secondary N) is 1. The minimum atomic E-state index is -0.994. The second kappa shape index (κ2) is 4.35. The van der Waals surface area contributed by atoms with Crippen LogP contribution < -0.4 is 5.32 Å². The molecular weight excluding hydrogens is 178 g/mol. The molecular formula is C7H11NO3S. The number of carboxylic acid groups (broad SMARTS) is 1. The Morgan fingerprint density at radius 2 is 2.33 bits per heavy atom. The Bertz CT molecular complexity index is 189. The molecule has 0 radical (unpaired) electrons. The van der Waals surface area contributed by atoms with Crippen LogP contribution in [-0.2, 0) is 9.59 Å². The molecule has 0 aliphatic carbocycles. The Hall–Kier alpha value is -0.710. The van der Waals surface area contributed by atoms with Crippen molar-refractivity contribution in [2.24, 2.45) is 0 Å². The molecule has 0 spiro atoms. The quantitative estimate of drug-likeness (QED) is 0.660. The SMILES string of the molecule is O=C(O)CNC(=O)C1CCCS1. The molecule has 1 fully saturated rings. The van der Waals surface area contributed by atoms with Gasteiger partial charge in [-0.3, -0.25) is 9.59 Å². The van der Waals surface area contributed by atoms with Crippen molar-refractivity contribution >= 4 is 23.6 Å². The van der Waals surface area contributed by atoms with Gasteiger partial charge in [-0.05, 0) is 18.6 Å². The molecule has 1 atom stereocenters. The first-order chi connectivity index (χ1) is 5.70. The number of carbonyl (C=O) groups excluding carboxylic acids is 1. The monoisotopic (exact) mass is 189 g/mol. The van der Waals surface area contributed by atoms with Crippen molar-refractivity contribution in [1.82, 2.24) is 5.32 Å². The van der Waals surface area contributed by atoms with Crippen LogP contribution in [0.25, 0.3) is 0 Å². The summed E-state index contributed by atoms with van der Waals surface area (Å²) in [6.07, 6.45) is 1.92. The van der Waals surface area contributed by atoms with Gasteiger partial charge < -0.3 is 10.4 Å². The average Bonchev–Trinajstić information content (AvgIpc) is 2.51. The highest BCUT2D eigenvalue weighted by Crippen LogP contribution is 2.25. The molecule has 0 aromatic rings. The van der Waals surface area contributed by atoms with Gasteiger partial charge in [-0.15, -0.1) is 11.8 Å². The highest BCUT2D eigenvalue weighted by Gasteiger charge is 2.23. The molecule has 1 aliphatic heterocycles. The van der Waals surface area contributed by atoms with E-state index in [-0.39, 0.29) is 17.7 Å². The summed E-state index contributed by atoms with van der Waals surface area (Å²) in [6.45, 7) is -0.268. The van der Waals surface area contributed by atoms with Crippen LogP contribution in [-0.4, -0.2) is 34.5 Å². The van der Waals surface area contributed by atoms with Gasteiger partial charge in [-0.25, -0.2) is 0 Å². The average molecular weight is 189 g/mol. The van der Waals surface area contributed by atoms with Crippen molar-refractivity contribution in [3.63, 3.8) is 0 Å². The van der Waals surface area contributed by atoms with E-state index in [1.54, 1.807) is 11.8 Å². The summed E-state index contributed by atoms with van der Waals surface area (Å²) >= 11 is 1.60. The Morgan fingerprint density at radius 3 is 2.83 bits per heavy atom. The molecule has 0 aromatic carbocycles. The first-order valence-corrected chi connectivity index (χ1v) is 4.86. The van der Waals surface area contributed by atoms with Gasteiger partial charge in [-0.2, -0.15) is 0 Å². The second-order valence-corrected chi connectivity index (χ2v) is 3.92. The summed E-state index contributed by atoms with van der Waals surface area (Å²) in [7, 11) is 0. The molecule has 0 saturated carbocycles. The molecule has 1 aliphatic rings. The van der Waals surface area contributed by atoms with Gasteiger partial charge in [-0.1, -0.05) is 0 Å². The maximum Gasteiger partial charge on any atom is 0.322 e. The lowest BCUT2D eigenvalue weighted by Crippen LogP contribution is -2.35. The Kier molecular flexibility index (Phi) is 3.40. The van der Waals surface area contributed by atoms with Crippen LogP contribution in [0.5, 0.6) is 0 Å². The van der Waals surface area contributed by atoms with Crippen LogP contribution in [0.3, 0.4) is 0 Å². The third kappa shape index (κ3) is 2.73. The molecule has 5 heteroatoms. The lowest BCUT2D eigenvalue weighted by molar-refractivity contribution is -0.137. The van der Waals surface area contributed by atoms with Crippen LogP contribution in [0.1, 0.15) is 12.8 Å². The van der Waals surface area contributed by atoms with Gasteiger partial charge in [0.15, 0.2) is 0 Å². The summed E-state index contributed by atoms with van der Waals surface area (Å²) in [4.78, 5) is 21.3. The summed E-state index contributed by atoms with van der Waals surface area (Å²) in [5.74, 6) is -0.128. The zero-order chi connectivity index (χ0) is 8.97. The fourth-order valence-electron chi connectivity index (χ4n) is 1.06. The number of hydrogen-bond donors (Lipinski definition) is 2. The molecule has 12 heavy (non-hydrogen) atoms. The Morgan fingerprint density at radius 1 is 1.58 bits per heavy atom. The van der Waals surface area contributed by atoms with Gasteiger partial charge in [0.1, 0.15) is 6.54 Å². The van der Waals surface area contributed by atoms with Crippen LogP contribution in [0.15, 0.2) is 0 Å².